The molecule has 2 aromatic rings. The van der Waals surface area contributed by atoms with E-state index in [1.54, 1.807) is 12.1 Å². The second-order valence-corrected chi connectivity index (χ2v) is 8.31. The lowest BCUT2D eigenvalue weighted by atomic mass is 9.96. The Kier molecular flexibility index (Phi) is 7.45. The van der Waals surface area contributed by atoms with Crippen LogP contribution in [0.15, 0.2) is 42.5 Å². The third-order valence-electron chi connectivity index (χ3n) is 5.61. The molecule has 0 spiro atoms. The SMILES string of the molecule is Cc1ccc(OC[C@]2(O)CCCN(CC(=O)NCc3ccc(F)cc3)CC2)c(C)c1. The van der Waals surface area contributed by atoms with Gasteiger partial charge in [0.1, 0.15) is 18.2 Å². The molecule has 1 fully saturated rings. The normalized spacial score (nSPS) is 19.9. The highest BCUT2D eigenvalue weighted by atomic mass is 19.1. The lowest BCUT2D eigenvalue weighted by Gasteiger charge is -2.27. The fourth-order valence-electron chi connectivity index (χ4n) is 3.77. The highest BCUT2D eigenvalue weighted by Gasteiger charge is 2.31. The number of ether oxygens (including phenoxy) is 1. The summed E-state index contributed by atoms with van der Waals surface area (Å²) in [6, 6.07) is 12.1. The first-order valence-electron chi connectivity index (χ1n) is 10.5. The Labute approximate surface area is 177 Å². The van der Waals surface area contributed by atoms with Crippen molar-refractivity contribution in [2.24, 2.45) is 0 Å². The topological polar surface area (TPSA) is 61.8 Å². The van der Waals surface area contributed by atoms with Crippen molar-refractivity contribution in [3.05, 3.63) is 65.0 Å². The Morgan fingerprint density at radius 3 is 2.67 bits per heavy atom. The van der Waals surface area contributed by atoms with Gasteiger partial charge in [-0.1, -0.05) is 29.8 Å². The quantitative estimate of drug-likeness (QED) is 0.729. The molecule has 30 heavy (non-hydrogen) atoms. The molecule has 1 amide bonds. The number of likely N-dealkylation sites (tertiary alicyclic amines) is 1. The van der Waals surface area contributed by atoms with Crippen LogP contribution in [0.3, 0.4) is 0 Å². The molecule has 2 N–H and O–H groups in total. The van der Waals surface area contributed by atoms with Gasteiger partial charge in [-0.25, -0.2) is 4.39 Å². The molecule has 1 saturated heterocycles. The average molecular weight is 415 g/mol. The van der Waals surface area contributed by atoms with Gasteiger partial charge in [0.2, 0.25) is 5.91 Å². The smallest absolute Gasteiger partial charge is 0.234 e. The number of carbonyl (C=O) groups excluding carboxylic acids is 1. The molecule has 1 aliphatic rings. The molecular formula is C24H31FN2O3. The van der Waals surface area contributed by atoms with Gasteiger partial charge in [-0.15, -0.1) is 0 Å². The summed E-state index contributed by atoms with van der Waals surface area (Å²) >= 11 is 0. The molecule has 162 valence electrons. The molecule has 1 atom stereocenters. The third-order valence-corrected chi connectivity index (χ3v) is 5.61. The summed E-state index contributed by atoms with van der Waals surface area (Å²) in [5.74, 6) is 0.440. The number of hydrogen-bond donors (Lipinski definition) is 2. The lowest BCUT2D eigenvalue weighted by Crippen LogP contribution is -2.40. The minimum absolute atomic E-state index is 0.0729. The number of aryl methyl sites for hydroxylation is 2. The second-order valence-electron chi connectivity index (χ2n) is 8.31. The minimum Gasteiger partial charge on any atom is -0.490 e. The molecule has 1 aliphatic heterocycles. The maximum absolute atomic E-state index is 13.0. The molecule has 5 nitrogen and oxygen atoms in total. The summed E-state index contributed by atoms with van der Waals surface area (Å²) in [7, 11) is 0. The van der Waals surface area contributed by atoms with Crippen molar-refractivity contribution in [3.8, 4) is 5.75 Å². The summed E-state index contributed by atoms with van der Waals surface area (Å²) in [6.45, 7) is 6.36. The Hall–Kier alpha value is -2.44. The van der Waals surface area contributed by atoms with E-state index in [0.29, 0.717) is 25.9 Å². The fourth-order valence-corrected chi connectivity index (χ4v) is 3.77. The molecule has 2 aromatic carbocycles. The van der Waals surface area contributed by atoms with Gasteiger partial charge in [0.05, 0.1) is 12.1 Å². The van der Waals surface area contributed by atoms with Crippen molar-refractivity contribution in [3.63, 3.8) is 0 Å². The van der Waals surface area contributed by atoms with Crippen LogP contribution in [0.5, 0.6) is 5.75 Å². The van der Waals surface area contributed by atoms with E-state index in [0.717, 1.165) is 29.8 Å². The highest BCUT2D eigenvalue weighted by Crippen LogP contribution is 2.26. The van der Waals surface area contributed by atoms with Crippen LogP contribution in [0.4, 0.5) is 4.39 Å². The van der Waals surface area contributed by atoms with Crippen molar-refractivity contribution in [2.75, 3.05) is 26.2 Å². The standard InChI is InChI=1S/C24H31FN2O3/c1-18-4-9-22(19(2)14-18)30-17-24(29)10-3-12-27(13-11-24)16-23(28)26-15-20-5-7-21(25)8-6-20/h4-9,14,29H,3,10-13,15-17H2,1-2H3,(H,26,28)/t24-/m0/s1. The molecule has 0 unspecified atom stereocenters. The van der Waals surface area contributed by atoms with Crippen LogP contribution in [0.25, 0.3) is 0 Å². The van der Waals surface area contributed by atoms with E-state index < -0.39 is 5.60 Å². The molecule has 6 heteroatoms. The number of halogens is 1. The summed E-state index contributed by atoms with van der Waals surface area (Å²) in [5.41, 5.74) is 2.21. The minimum atomic E-state index is -0.892. The maximum atomic E-state index is 13.0. The largest absolute Gasteiger partial charge is 0.490 e. The van der Waals surface area contributed by atoms with Gasteiger partial charge in [-0.3, -0.25) is 9.69 Å². The zero-order chi connectivity index (χ0) is 21.6. The van der Waals surface area contributed by atoms with Crippen molar-refractivity contribution >= 4 is 5.91 Å². The molecule has 0 aliphatic carbocycles. The number of nitrogens with one attached hydrogen (secondary N) is 1. The average Bonchev–Trinajstić information content (AvgIpc) is 2.89. The molecule has 0 aromatic heterocycles. The summed E-state index contributed by atoms with van der Waals surface area (Å²) in [6.07, 6.45) is 2.01. The summed E-state index contributed by atoms with van der Waals surface area (Å²) < 4.78 is 18.9. The Bertz CT molecular complexity index is 856. The van der Waals surface area contributed by atoms with Crippen LogP contribution in [0, 0.1) is 19.7 Å². The van der Waals surface area contributed by atoms with E-state index in [1.807, 2.05) is 26.0 Å². The number of aliphatic hydroxyl groups is 1. The first-order valence-corrected chi connectivity index (χ1v) is 10.5. The number of rotatable bonds is 7. The van der Waals surface area contributed by atoms with Crippen molar-refractivity contribution in [1.29, 1.82) is 0 Å². The Morgan fingerprint density at radius 1 is 1.17 bits per heavy atom. The first-order chi connectivity index (χ1) is 14.3. The first kappa shape index (κ1) is 22.2. The predicted molar refractivity (Wildman–Crippen MR) is 115 cm³/mol. The summed E-state index contributed by atoms with van der Waals surface area (Å²) in [5, 5.41) is 13.9. The lowest BCUT2D eigenvalue weighted by molar-refractivity contribution is -0.122. The van der Waals surface area contributed by atoms with E-state index in [-0.39, 0.29) is 24.9 Å². The zero-order valence-corrected chi connectivity index (χ0v) is 17.8. The van der Waals surface area contributed by atoms with Gasteiger partial charge >= 0.3 is 0 Å². The molecule has 1 heterocycles. The van der Waals surface area contributed by atoms with Crippen molar-refractivity contribution in [1.82, 2.24) is 10.2 Å². The maximum Gasteiger partial charge on any atom is 0.234 e. The molecule has 0 saturated carbocycles. The predicted octanol–water partition coefficient (Wildman–Crippen LogP) is 3.35. The monoisotopic (exact) mass is 414 g/mol. The van der Waals surface area contributed by atoms with Gasteiger partial charge in [0.25, 0.3) is 0 Å². The van der Waals surface area contributed by atoms with Crippen molar-refractivity contribution < 1.29 is 19.0 Å². The Balaban J connectivity index is 1.45. The van der Waals surface area contributed by atoms with Crippen LogP contribution in [-0.2, 0) is 11.3 Å². The van der Waals surface area contributed by atoms with E-state index in [9.17, 15) is 14.3 Å². The van der Waals surface area contributed by atoms with Crippen LogP contribution in [0.1, 0.15) is 36.0 Å². The van der Waals surface area contributed by atoms with Gasteiger partial charge < -0.3 is 15.2 Å². The van der Waals surface area contributed by atoms with Crippen LogP contribution in [-0.4, -0.2) is 47.8 Å². The van der Waals surface area contributed by atoms with Gasteiger partial charge in [-0.05, 0) is 69.0 Å². The van der Waals surface area contributed by atoms with E-state index in [4.69, 9.17) is 4.74 Å². The van der Waals surface area contributed by atoms with Gasteiger partial charge in [0, 0.05) is 13.1 Å². The Morgan fingerprint density at radius 2 is 1.93 bits per heavy atom. The number of amides is 1. The molecule has 0 radical (unpaired) electrons. The third kappa shape index (κ3) is 6.54. The van der Waals surface area contributed by atoms with E-state index in [1.165, 1.54) is 17.7 Å². The van der Waals surface area contributed by atoms with Crippen LogP contribution < -0.4 is 10.1 Å². The fraction of sp³-hybridized carbons (Fsp3) is 0.458. The van der Waals surface area contributed by atoms with Crippen molar-refractivity contribution in [2.45, 2.75) is 45.3 Å². The van der Waals surface area contributed by atoms with Gasteiger partial charge in [0.15, 0.2) is 0 Å². The summed E-state index contributed by atoms with van der Waals surface area (Å²) in [4.78, 5) is 14.4. The van der Waals surface area contributed by atoms with Crippen LogP contribution >= 0.6 is 0 Å². The molecule has 0 bridgehead atoms. The number of hydrogen-bond acceptors (Lipinski definition) is 4. The highest BCUT2D eigenvalue weighted by molar-refractivity contribution is 5.78. The number of nitrogens with zero attached hydrogens (tertiary/aromatic N) is 1. The van der Waals surface area contributed by atoms with Crippen LogP contribution in [0.2, 0.25) is 0 Å². The molecule has 3 rings (SSSR count). The van der Waals surface area contributed by atoms with Gasteiger partial charge in [-0.2, -0.15) is 0 Å². The van der Waals surface area contributed by atoms with E-state index >= 15 is 0 Å². The second kappa shape index (κ2) is 10.0. The van der Waals surface area contributed by atoms with E-state index in [2.05, 4.69) is 16.3 Å². The number of carbonyl (C=O) groups is 1. The number of benzene rings is 2. The molecular weight excluding hydrogens is 383 g/mol. The zero-order valence-electron chi connectivity index (χ0n) is 17.8.